The highest BCUT2D eigenvalue weighted by atomic mass is 14.7. The molecule has 0 aliphatic carbocycles. The maximum Gasteiger partial charge on any atom is 0.0783 e. The number of hydrogen-bond donors (Lipinski definition) is 0. The molecule has 4 rings (SSSR count). The first-order valence-electron chi connectivity index (χ1n) is 9.94. The van der Waals surface area contributed by atoms with Gasteiger partial charge in [0.25, 0.3) is 0 Å². The van der Waals surface area contributed by atoms with Crippen molar-refractivity contribution in [1.82, 2.24) is 4.98 Å². The van der Waals surface area contributed by atoms with Crippen molar-refractivity contribution in [1.29, 1.82) is 0 Å². The first kappa shape index (κ1) is 17.7. The number of nitrogens with zero attached hydrogens (tertiary/aromatic N) is 1. The first-order chi connectivity index (χ1) is 13.0. The molecule has 1 heterocycles. The molecule has 4 aromatic rings. The highest BCUT2D eigenvalue weighted by molar-refractivity contribution is 5.99. The lowest BCUT2D eigenvalue weighted by atomic mass is 9.88. The van der Waals surface area contributed by atoms with Crippen LogP contribution in [0.1, 0.15) is 44.7 Å². The van der Waals surface area contributed by atoms with E-state index in [2.05, 4.69) is 88.4 Å². The van der Waals surface area contributed by atoms with Crippen molar-refractivity contribution in [3.63, 3.8) is 0 Å². The Morgan fingerprint density at radius 3 is 2.37 bits per heavy atom. The Kier molecular flexibility index (Phi) is 4.70. The molecule has 0 radical (unpaired) electrons. The zero-order chi connectivity index (χ0) is 19.0. The summed E-state index contributed by atoms with van der Waals surface area (Å²) in [5, 5.41) is 5.15. The van der Waals surface area contributed by atoms with E-state index < -0.39 is 0 Å². The number of fused-ring (bicyclic) bond motifs is 2. The summed E-state index contributed by atoms with van der Waals surface area (Å²) in [6.07, 6.45) is 3.07. The number of benzene rings is 3. The third-order valence-electron chi connectivity index (χ3n) is 5.28. The van der Waals surface area contributed by atoms with Gasteiger partial charge in [0.05, 0.1) is 5.69 Å². The zero-order valence-electron chi connectivity index (χ0n) is 16.7. The van der Waals surface area contributed by atoms with E-state index >= 15 is 0 Å². The molecule has 1 nitrogen and oxygen atoms in total. The van der Waals surface area contributed by atoms with Gasteiger partial charge in [0.1, 0.15) is 0 Å². The molecule has 1 aromatic heterocycles. The number of hydrogen-bond acceptors (Lipinski definition) is 1. The molecule has 136 valence electrons. The van der Waals surface area contributed by atoms with Gasteiger partial charge in [-0.1, -0.05) is 82.3 Å². The van der Waals surface area contributed by atoms with E-state index in [0.717, 1.165) is 12.1 Å². The summed E-state index contributed by atoms with van der Waals surface area (Å²) in [5.41, 5.74) is 5.14. The van der Waals surface area contributed by atoms with E-state index in [1.165, 1.54) is 38.2 Å². The van der Waals surface area contributed by atoms with Gasteiger partial charge in [0, 0.05) is 17.1 Å². The van der Waals surface area contributed by atoms with Crippen LogP contribution in [0.4, 0.5) is 0 Å². The second-order valence-electron chi connectivity index (χ2n) is 8.22. The van der Waals surface area contributed by atoms with Crippen LogP contribution in [-0.2, 0) is 6.42 Å². The summed E-state index contributed by atoms with van der Waals surface area (Å²) in [4.78, 5) is 4.82. The molecule has 0 aliphatic rings. The zero-order valence-corrected chi connectivity index (χ0v) is 16.7. The van der Waals surface area contributed by atoms with Crippen molar-refractivity contribution in [2.45, 2.75) is 40.0 Å². The minimum Gasteiger partial charge on any atom is -0.256 e. The molecule has 0 bridgehead atoms. The van der Waals surface area contributed by atoms with Gasteiger partial charge < -0.3 is 0 Å². The minimum atomic E-state index is 0.434. The van der Waals surface area contributed by atoms with Gasteiger partial charge in [-0.25, -0.2) is 0 Å². The summed E-state index contributed by atoms with van der Waals surface area (Å²) in [6, 6.07) is 22.1. The average molecular weight is 354 g/mol. The van der Waals surface area contributed by atoms with Crippen LogP contribution in [0, 0.1) is 5.92 Å². The Hall–Kier alpha value is -2.67. The van der Waals surface area contributed by atoms with Crippen LogP contribution in [0.25, 0.3) is 32.8 Å². The van der Waals surface area contributed by atoms with Gasteiger partial charge in [0.15, 0.2) is 0 Å². The van der Waals surface area contributed by atoms with Crippen LogP contribution >= 0.6 is 0 Å². The molecule has 3 aromatic carbocycles. The lowest BCUT2D eigenvalue weighted by molar-refractivity contribution is 0.648. The Morgan fingerprint density at radius 1 is 0.778 bits per heavy atom. The molecular formula is C26H27N. The summed E-state index contributed by atoms with van der Waals surface area (Å²) in [6.45, 7) is 9.09. The van der Waals surface area contributed by atoms with Crippen molar-refractivity contribution in [2.75, 3.05) is 0 Å². The molecule has 0 saturated carbocycles. The Morgan fingerprint density at radius 2 is 1.59 bits per heavy atom. The average Bonchev–Trinajstić information content (AvgIpc) is 2.65. The van der Waals surface area contributed by atoms with Crippen molar-refractivity contribution < 1.29 is 0 Å². The van der Waals surface area contributed by atoms with Crippen LogP contribution in [0.3, 0.4) is 0 Å². The van der Waals surface area contributed by atoms with Crippen LogP contribution in [0.15, 0.2) is 66.9 Å². The lowest BCUT2D eigenvalue weighted by Crippen LogP contribution is -1.98. The predicted octanol–water partition coefficient (Wildman–Crippen LogP) is 7.38. The standard InChI is InChI=1S/C26H27N/c1-17(2)15-19-9-11-23-21(16-19)13-14-27-26(23)24-12-10-20-7-5-6-8-22(20)25(24)18(3)4/h5-14,16-18H,15H2,1-4H3. The Bertz CT molecular complexity index is 1110. The van der Waals surface area contributed by atoms with E-state index in [-0.39, 0.29) is 0 Å². The van der Waals surface area contributed by atoms with E-state index in [9.17, 15) is 0 Å². The summed E-state index contributed by atoms with van der Waals surface area (Å²) in [5.74, 6) is 1.10. The van der Waals surface area contributed by atoms with Crippen LogP contribution in [-0.4, -0.2) is 4.98 Å². The van der Waals surface area contributed by atoms with Gasteiger partial charge >= 0.3 is 0 Å². The van der Waals surface area contributed by atoms with E-state index in [1.54, 1.807) is 0 Å². The smallest absolute Gasteiger partial charge is 0.0783 e. The number of rotatable bonds is 4. The van der Waals surface area contributed by atoms with Crippen molar-refractivity contribution in [3.8, 4) is 11.3 Å². The molecule has 0 spiro atoms. The van der Waals surface area contributed by atoms with Gasteiger partial charge in [-0.3, -0.25) is 4.98 Å². The predicted molar refractivity (Wildman–Crippen MR) is 117 cm³/mol. The van der Waals surface area contributed by atoms with E-state index in [0.29, 0.717) is 11.8 Å². The van der Waals surface area contributed by atoms with Gasteiger partial charge in [-0.05, 0) is 51.6 Å². The molecule has 1 heteroatoms. The first-order valence-corrected chi connectivity index (χ1v) is 9.94. The molecule has 0 saturated heterocycles. The third kappa shape index (κ3) is 3.35. The molecule has 0 atom stereocenters. The SMILES string of the molecule is CC(C)Cc1ccc2c(-c3ccc4ccccc4c3C(C)C)nccc2c1. The quantitative estimate of drug-likeness (QED) is 0.373. The molecule has 0 unspecified atom stereocenters. The Labute approximate surface area is 162 Å². The summed E-state index contributed by atoms with van der Waals surface area (Å²) < 4.78 is 0. The highest BCUT2D eigenvalue weighted by Gasteiger charge is 2.15. The fourth-order valence-electron chi connectivity index (χ4n) is 4.16. The second-order valence-corrected chi connectivity index (χ2v) is 8.22. The molecule has 27 heavy (non-hydrogen) atoms. The maximum atomic E-state index is 4.82. The fraction of sp³-hybridized carbons (Fsp3) is 0.269. The molecule has 0 fully saturated rings. The molecule has 0 amide bonds. The second kappa shape index (κ2) is 7.15. The van der Waals surface area contributed by atoms with Crippen molar-refractivity contribution in [2.24, 2.45) is 5.92 Å². The Balaban J connectivity index is 1.96. The summed E-state index contributed by atoms with van der Waals surface area (Å²) in [7, 11) is 0. The van der Waals surface area contributed by atoms with Crippen LogP contribution < -0.4 is 0 Å². The molecular weight excluding hydrogens is 326 g/mol. The topological polar surface area (TPSA) is 12.9 Å². The minimum absolute atomic E-state index is 0.434. The summed E-state index contributed by atoms with van der Waals surface area (Å²) >= 11 is 0. The van der Waals surface area contributed by atoms with E-state index in [1.807, 2.05) is 6.20 Å². The largest absolute Gasteiger partial charge is 0.256 e. The van der Waals surface area contributed by atoms with Crippen LogP contribution in [0.5, 0.6) is 0 Å². The molecule has 0 aliphatic heterocycles. The van der Waals surface area contributed by atoms with Crippen LogP contribution in [0.2, 0.25) is 0 Å². The number of aromatic nitrogens is 1. The van der Waals surface area contributed by atoms with E-state index in [4.69, 9.17) is 4.98 Å². The highest BCUT2D eigenvalue weighted by Crippen LogP contribution is 2.37. The van der Waals surface area contributed by atoms with Gasteiger partial charge in [-0.2, -0.15) is 0 Å². The lowest BCUT2D eigenvalue weighted by Gasteiger charge is -2.17. The maximum absolute atomic E-state index is 4.82. The monoisotopic (exact) mass is 353 g/mol. The van der Waals surface area contributed by atoms with Crippen molar-refractivity contribution in [3.05, 3.63) is 78.0 Å². The molecule has 0 N–H and O–H groups in total. The van der Waals surface area contributed by atoms with Gasteiger partial charge in [-0.15, -0.1) is 0 Å². The number of pyridine rings is 1. The normalized spacial score (nSPS) is 11.8. The van der Waals surface area contributed by atoms with Gasteiger partial charge in [0.2, 0.25) is 0 Å². The third-order valence-corrected chi connectivity index (χ3v) is 5.28. The van der Waals surface area contributed by atoms with Crippen molar-refractivity contribution >= 4 is 21.5 Å². The fourth-order valence-corrected chi connectivity index (χ4v) is 4.16.